The predicted molar refractivity (Wildman–Crippen MR) is 118 cm³/mol. The van der Waals surface area contributed by atoms with E-state index >= 15 is 0 Å². The van der Waals surface area contributed by atoms with E-state index in [0.29, 0.717) is 45.2 Å². The molecule has 1 amide bonds. The molecule has 0 radical (unpaired) electrons. The second kappa shape index (κ2) is 13.1. The molecule has 0 aliphatic carbocycles. The standard InChI is InChI=1S/C23H35N3O5/c24-15-7-2-1-6-11-18(21(27)26-16-8-12-20(26)23(30)31)25-19(22(28)29)14-13-17-9-4-3-5-10-17/h3-5,9-10,18-20,25H,1-2,6-8,11-16,24H2,(H,28,29)(H,30,31)/t18-,19+,20+/m1/s1. The van der Waals surface area contributed by atoms with Gasteiger partial charge in [0.15, 0.2) is 0 Å². The highest BCUT2D eigenvalue weighted by Gasteiger charge is 2.38. The van der Waals surface area contributed by atoms with Crippen LogP contribution in [0.15, 0.2) is 30.3 Å². The fourth-order valence-electron chi connectivity index (χ4n) is 4.09. The molecule has 31 heavy (non-hydrogen) atoms. The highest BCUT2D eigenvalue weighted by molar-refractivity contribution is 5.88. The van der Waals surface area contributed by atoms with Crippen LogP contribution in [0.5, 0.6) is 0 Å². The number of likely N-dealkylation sites (tertiary alicyclic amines) is 1. The van der Waals surface area contributed by atoms with Crippen LogP contribution in [0.4, 0.5) is 0 Å². The zero-order valence-corrected chi connectivity index (χ0v) is 18.0. The highest BCUT2D eigenvalue weighted by atomic mass is 16.4. The molecule has 3 atom stereocenters. The minimum Gasteiger partial charge on any atom is -0.480 e. The van der Waals surface area contributed by atoms with Gasteiger partial charge in [0.2, 0.25) is 5.91 Å². The van der Waals surface area contributed by atoms with E-state index in [9.17, 15) is 24.6 Å². The lowest BCUT2D eigenvalue weighted by atomic mass is 10.0. The van der Waals surface area contributed by atoms with E-state index in [1.165, 1.54) is 4.90 Å². The number of carbonyl (C=O) groups excluding carboxylic acids is 1. The number of hydrogen-bond acceptors (Lipinski definition) is 5. The lowest BCUT2D eigenvalue weighted by Gasteiger charge is -2.29. The third-order valence-electron chi connectivity index (χ3n) is 5.83. The number of benzene rings is 1. The van der Waals surface area contributed by atoms with Gasteiger partial charge in [-0.25, -0.2) is 4.79 Å². The summed E-state index contributed by atoms with van der Waals surface area (Å²) in [5.41, 5.74) is 6.56. The molecule has 1 aliphatic rings. The topological polar surface area (TPSA) is 133 Å². The summed E-state index contributed by atoms with van der Waals surface area (Å²) < 4.78 is 0. The first kappa shape index (κ1) is 24.8. The van der Waals surface area contributed by atoms with Crippen molar-refractivity contribution in [2.75, 3.05) is 13.1 Å². The summed E-state index contributed by atoms with van der Waals surface area (Å²) >= 11 is 0. The maximum absolute atomic E-state index is 13.2. The van der Waals surface area contributed by atoms with Gasteiger partial charge in [-0.1, -0.05) is 49.6 Å². The van der Waals surface area contributed by atoms with Crippen molar-refractivity contribution in [1.29, 1.82) is 0 Å². The molecule has 0 unspecified atom stereocenters. The van der Waals surface area contributed by atoms with Gasteiger partial charge in [-0.2, -0.15) is 0 Å². The van der Waals surface area contributed by atoms with Gasteiger partial charge < -0.3 is 20.8 Å². The SMILES string of the molecule is NCCCCCC[C@@H](N[C@@H](CCc1ccccc1)C(=O)O)C(=O)N1CCC[C@H]1C(=O)O. The molecule has 1 aromatic carbocycles. The molecule has 0 saturated carbocycles. The van der Waals surface area contributed by atoms with Crippen molar-refractivity contribution in [1.82, 2.24) is 10.2 Å². The fraction of sp³-hybridized carbons (Fsp3) is 0.609. The lowest BCUT2D eigenvalue weighted by molar-refractivity contribution is -0.149. The number of carbonyl (C=O) groups is 3. The van der Waals surface area contributed by atoms with Crippen LogP contribution in [0.25, 0.3) is 0 Å². The Balaban J connectivity index is 2.06. The van der Waals surface area contributed by atoms with Crippen LogP contribution in [-0.2, 0) is 20.8 Å². The van der Waals surface area contributed by atoms with Gasteiger partial charge >= 0.3 is 11.9 Å². The third-order valence-corrected chi connectivity index (χ3v) is 5.83. The lowest BCUT2D eigenvalue weighted by Crippen LogP contribution is -2.54. The summed E-state index contributed by atoms with van der Waals surface area (Å²) in [7, 11) is 0. The predicted octanol–water partition coefficient (Wildman–Crippen LogP) is 2.02. The van der Waals surface area contributed by atoms with Crippen LogP contribution in [0.2, 0.25) is 0 Å². The summed E-state index contributed by atoms with van der Waals surface area (Å²) in [6, 6.07) is 7.18. The van der Waals surface area contributed by atoms with E-state index in [4.69, 9.17) is 5.73 Å². The van der Waals surface area contributed by atoms with Gasteiger partial charge in [0.1, 0.15) is 12.1 Å². The molecule has 1 aromatic rings. The second-order valence-corrected chi connectivity index (χ2v) is 8.15. The van der Waals surface area contributed by atoms with Crippen molar-refractivity contribution in [3.05, 3.63) is 35.9 Å². The number of amides is 1. The minimum absolute atomic E-state index is 0.310. The van der Waals surface area contributed by atoms with Crippen LogP contribution in [0.3, 0.4) is 0 Å². The molecular formula is C23H35N3O5. The number of hydrogen-bond donors (Lipinski definition) is 4. The Bertz CT molecular complexity index is 712. The van der Waals surface area contributed by atoms with Crippen molar-refractivity contribution in [2.24, 2.45) is 5.73 Å². The average Bonchev–Trinajstić information content (AvgIpc) is 3.25. The first-order valence-corrected chi connectivity index (χ1v) is 11.2. The Kier molecular flexibility index (Phi) is 10.5. The fourth-order valence-corrected chi connectivity index (χ4v) is 4.09. The Morgan fingerprint density at radius 3 is 2.39 bits per heavy atom. The van der Waals surface area contributed by atoms with Crippen LogP contribution in [0.1, 0.15) is 56.9 Å². The summed E-state index contributed by atoms with van der Waals surface area (Å²) in [6.45, 7) is 1.01. The van der Waals surface area contributed by atoms with Crippen molar-refractivity contribution >= 4 is 17.8 Å². The second-order valence-electron chi connectivity index (χ2n) is 8.15. The molecule has 0 aromatic heterocycles. The molecular weight excluding hydrogens is 398 g/mol. The third kappa shape index (κ3) is 7.95. The van der Waals surface area contributed by atoms with Crippen molar-refractivity contribution in [2.45, 2.75) is 75.9 Å². The van der Waals surface area contributed by atoms with Gasteiger partial charge in [0.25, 0.3) is 0 Å². The molecule has 1 saturated heterocycles. The molecule has 172 valence electrons. The number of carboxylic acid groups (broad SMARTS) is 2. The van der Waals surface area contributed by atoms with Crippen molar-refractivity contribution in [3.8, 4) is 0 Å². The molecule has 0 spiro atoms. The number of rotatable bonds is 14. The van der Waals surface area contributed by atoms with Gasteiger partial charge in [-0.05, 0) is 50.6 Å². The summed E-state index contributed by atoms with van der Waals surface area (Å²) in [5, 5.41) is 22.2. The Morgan fingerprint density at radius 1 is 1.03 bits per heavy atom. The normalized spacial score (nSPS) is 18.0. The first-order chi connectivity index (χ1) is 14.9. The van der Waals surface area contributed by atoms with E-state index in [1.807, 2.05) is 30.3 Å². The van der Waals surface area contributed by atoms with Crippen LogP contribution < -0.4 is 11.1 Å². The van der Waals surface area contributed by atoms with E-state index < -0.39 is 30.1 Å². The van der Waals surface area contributed by atoms with E-state index in [2.05, 4.69) is 5.32 Å². The Hall–Kier alpha value is -2.45. The van der Waals surface area contributed by atoms with Crippen LogP contribution in [0, 0.1) is 0 Å². The van der Waals surface area contributed by atoms with Crippen LogP contribution >= 0.6 is 0 Å². The quantitative estimate of drug-likeness (QED) is 0.330. The molecule has 2 rings (SSSR count). The number of aryl methyl sites for hydroxylation is 1. The number of aliphatic carboxylic acids is 2. The van der Waals surface area contributed by atoms with Gasteiger partial charge in [0, 0.05) is 6.54 Å². The Labute approximate surface area is 183 Å². The van der Waals surface area contributed by atoms with E-state index in [0.717, 1.165) is 31.2 Å². The molecule has 8 nitrogen and oxygen atoms in total. The Morgan fingerprint density at radius 2 is 1.74 bits per heavy atom. The summed E-state index contributed by atoms with van der Waals surface area (Å²) in [6.07, 6.45) is 5.97. The monoisotopic (exact) mass is 433 g/mol. The molecule has 5 N–H and O–H groups in total. The molecule has 8 heteroatoms. The first-order valence-electron chi connectivity index (χ1n) is 11.2. The van der Waals surface area contributed by atoms with E-state index in [1.54, 1.807) is 0 Å². The molecule has 1 aliphatic heterocycles. The van der Waals surface area contributed by atoms with Gasteiger partial charge in [0.05, 0.1) is 6.04 Å². The average molecular weight is 434 g/mol. The number of carboxylic acids is 2. The molecule has 0 bridgehead atoms. The van der Waals surface area contributed by atoms with Gasteiger partial charge in [-0.3, -0.25) is 14.9 Å². The summed E-state index contributed by atoms with van der Waals surface area (Å²) in [5.74, 6) is -2.32. The smallest absolute Gasteiger partial charge is 0.326 e. The largest absolute Gasteiger partial charge is 0.480 e. The maximum atomic E-state index is 13.2. The van der Waals surface area contributed by atoms with Gasteiger partial charge in [-0.15, -0.1) is 0 Å². The van der Waals surface area contributed by atoms with Crippen molar-refractivity contribution < 1.29 is 24.6 Å². The zero-order valence-electron chi connectivity index (χ0n) is 18.0. The van der Waals surface area contributed by atoms with Crippen molar-refractivity contribution in [3.63, 3.8) is 0 Å². The number of unbranched alkanes of at least 4 members (excludes halogenated alkanes) is 3. The number of nitrogens with zero attached hydrogens (tertiary/aromatic N) is 1. The zero-order chi connectivity index (χ0) is 22.6. The maximum Gasteiger partial charge on any atom is 0.326 e. The minimum atomic E-state index is -1.01. The van der Waals surface area contributed by atoms with E-state index in [-0.39, 0.29) is 5.91 Å². The highest BCUT2D eigenvalue weighted by Crippen LogP contribution is 2.21. The van der Waals surface area contributed by atoms with Crippen LogP contribution in [-0.4, -0.2) is 64.2 Å². The molecule has 1 heterocycles. The molecule has 1 fully saturated rings. The number of nitrogens with one attached hydrogen (secondary N) is 1. The number of nitrogens with two attached hydrogens (primary N) is 1. The summed E-state index contributed by atoms with van der Waals surface area (Å²) in [4.78, 5) is 38.0.